The van der Waals surface area contributed by atoms with E-state index in [0.29, 0.717) is 11.8 Å². The Morgan fingerprint density at radius 3 is 2.43 bits per heavy atom. The van der Waals surface area contributed by atoms with E-state index in [1.165, 1.54) is 80.7 Å². The molecule has 0 unspecified atom stereocenters. The summed E-state index contributed by atoms with van der Waals surface area (Å²) in [7, 11) is 0. The van der Waals surface area contributed by atoms with E-state index in [0.717, 1.165) is 17.0 Å². The van der Waals surface area contributed by atoms with E-state index in [1.807, 2.05) is 28.2 Å². The lowest BCUT2D eigenvalue weighted by atomic mass is 9.88. The minimum atomic E-state index is 0.371. The number of aromatic nitrogens is 6. The van der Waals surface area contributed by atoms with Gasteiger partial charge < -0.3 is 4.98 Å². The van der Waals surface area contributed by atoms with E-state index in [-0.39, 0.29) is 0 Å². The molecule has 0 aromatic carbocycles. The van der Waals surface area contributed by atoms with Gasteiger partial charge in [-0.15, -0.1) is 11.3 Å². The van der Waals surface area contributed by atoms with Crippen LogP contribution in [0.1, 0.15) is 85.9 Å². The number of aromatic amines is 1. The van der Waals surface area contributed by atoms with Crippen LogP contribution in [0.2, 0.25) is 0 Å². The van der Waals surface area contributed by atoms with Crippen molar-refractivity contribution in [3.05, 3.63) is 53.0 Å². The Morgan fingerprint density at radius 1 is 0.971 bits per heavy atom. The van der Waals surface area contributed by atoms with Crippen LogP contribution in [0.25, 0.3) is 37.6 Å². The number of H-pyrrole nitrogens is 1. The molecular weight excluding hydrogens is 452 g/mol. The van der Waals surface area contributed by atoms with Crippen LogP contribution in [0.5, 0.6) is 0 Å². The molecule has 1 aliphatic carbocycles. The van der Waals surface area contributed by atoms with Crippen LogP contribution in [0.15, 0.2) is 24.9 Å². The van der Waals surface area contributed by atoms with Crippen LogP contribution in [0.4, 0.5) is 0 Å². The van der Waals surface area contributed by atoms with Crippen molar-refractivity contribution in [3.63, 3.8) is 0 Å². The molecule has 1 N–H and O–H groups in total. The molecule has 5 aromatic heterocycles. The lowest BCUT2D eigenvalue weighted by Crippen LogP contribution is -2.08. The number of nitrogens with one attached hydrogen (secondary N) is 1. The predicted octanol–water partition coefficient (Wildman–Crippen LogP) is 7.49. The summed E-state index contributed by atoms with van der Waals surface area (Å²) in [6.45, 7) is 11.1. The van der Waals surface area contributed by atoms with Gasteiger partial charge in [-0.25, -0.2) is 19.5 Å². The Balaban J connectivity index is 1.45. The van der Waals surface area contributed by atoms with Crippen LogP contribution in [0, 0.1) is 20.8 Å². The second-order valence-corrected chi connectivity index (χ2v) is 11.3. The highest BCUT2D eigenvalue weighted by atomic mass is 32.1. The number of pyridine rings is 1. The molecule has 0 radical (unpaired) electrons. The molecule has 5 heterocycles. The van der Waals surface area contributed by atoms with Gasteiger partial charge in [0.1, 0.15) is 17.0 Å². The molecule has 6 rings (SSSR count). The third-order valence-corrected chi connectivity index (χ3v) is 9.06. The number of aryl methyl sites for hydroxylation is 2. The van der Waals surface area contributed by atoms with Gasteiger partial charge in [0.25, 0.3) is 0 Å². The lowest BCUT2D eigenvalue weighted by molar-refractivity contribution is 0.428. The van der Waals surface area contributed by atoms with E-state index < -0.39 is 0 Å². The highest BCUT2D eigenvalue weighted by Crippen LogP contribution is 2.46. The summed E-state index contributed by atoms with van der Waals surface area (Å²) in [5, 5.41) is 5.75. The van der Waals surface area contributed by atoms with Gasteiger partial charge in [0.05, 0.1) is 5.69 Å². The number of fused-ring (bicyclic) bond motifs is 2. The summed E-state index contributed by atoms with van der Waals surface area (Å²) < 4.78 is 1.89. The van der Waals surface area contributed by atoms with E-state index in [2.05, 4.69) is 55.9 Å². The summed E-state index contributed by atoms with van der Waals surface area (Å²) in [5.41, 5.74) is 9.49. The molecule has 1 saturated carbocycles. The number of rotatable bonds is 4. The summed E-state index contributed by atoms with van der Waals surface area (Å²) in [4.78, 5) is 20.3. The molecular formula is C28H32N6S. The van der Waals surface area contributed by atoms with E-state index >= 15 is 0 Å². The quantitative estimate of drug-likeness (QED) is 0.287. The van der Waals surface area contributed by atoms with Crippen LogP contribution in [0.3, 0.4) is 0 Å². The highest BCUT2D eigenvalue weighted by Gasteiger charge is 2.25. The second-order valence-electron chi connectivity index (χ2n) is 10.3. The van der Waals surface area contributed by atoms with Gasteiger partial charge in [-0.2, -0.15) is 5.10 Å². The fourth-order valence-electron chi connectivity index (χ4n) is 5.78. The average Bonchev–Trinajstić information content (AvgIpc) is 3.57. The van der Waals surface area contributed by atoms with Crippen molar-refractivity contribution in [2.24, 2.45) is 0 Å². The average molecular weight is 485 g/mol. The first-order valence-electron chi connectivity index (χ1n) is 12.7. The third-order valence-electron chi connectivity index (χ3n) is 7.80. The molecule has 6 nitrogen and oxygen atoms in total. The van der Waals surface area contributed by atoms with Crippen molar-refractivity contribution in [2.75, 3.05) is 0 Å². The molecule has 1 aliphatic rings. The summed E-state index contributed by atoms with van der Waals surface area (Å²) in [6.07, 6.45) is 14.2. The molecule has 180 valence electrons. The molecule has 0 saturated heterocycles. The van der Waals surface area contributed by atoms with Crippen molar-refractivity contribution in [1.29, 1.82) is 0 Å². The van der Waals surface area contributed by atoms with Gasteiger partial charge in [0, 0.05) is 45.9 Å². The Labute approximate surface area is 209 Å². The zero-order chi connectivity index (χ0) is 24.3. The largest absolute Gasteiger partial charge is 0.346 e. The first-order valence-corrected chi connectivity index (χ1v) is 13.5. The van der Waals surface area contributed by atoms with E-state index in [4.69, 9.17) is 9.97 Å². The summed E-state index contributed by atoms with van der Waals surface area (Å²) in [6, 6.07) is 0. The maximum absolute atomic E-state index is 4.81. The van der Waals surface area contributed by atoms with E-state index in [1.54, 1.807) is 6.33 Å². The molecule has 0 bridgehead atoms. The van der Waals surface area contributed by atoms with Gasteiger partial charge in [-0.3, -0.25) is 0 Å². The minimum absolute atomic E-state index is 0.371. The lowest BCUT2D eigenvalue weighted by Gasteiger charge is -2.20. The standard InChI is InChI=1S/C28H32N6S/c1-15(2)22-23-18(5)25(20-11-29-26(30-12-20)19-9-7-6-8-10-19)35-28(23)33-24(22)21-13-34-27(31-14-32-34)17(4)16(21)3/h11-15,19,33H,6-10H2,1-5H3. The van der Waals surface area contributed by atoms with Crippen molar-refractivity contribution in [2.45, 2.75) is 78.6 Å². The fraction of sp³-hybridized carbons (Fsp3) is 0.429. The number of hydrogen-bond acceptors (Lipinski definition) is 5. The van der Waals surface area contributed by atoms with Gasteiger partial charge >= 0.3 is 0 Å². The minimum Gasteiger partial charge on any atom is -0.346 e. The fourth-order valence-corrected chi connectivity index (χ4v) is 6.98. The van der Waals surface area contributed by atoms with Gasteiger partial charge in [0.15, 0.2) is 5.65 Å². The topological polar surface area (TPSA) is 71.8 Å². The van der Waals surface area contributed by atoms with Crippen molar-refractivity contribution < 1.29 is 0 Å². The Bertz CT molecular complexity index is 1530. The molecule has 35 heavy (non-hydrogen) atoms. The van der Waals surface area contributed by atoms with Gasteiger partial charge in [-0.05, 0) is 61.8 Å². The van der Waals surface area contributed by atoms with Crippen molar-refractivity contribution in [3.8, 4) is 21.7 Å². The molecule has 1 fully saturated rings. The molecule has 5 aromatic rings. The van der Waals surface area contributed by atoms with Crippen molar-refractivity contribution in [1.82, 2.24) is 29.5 Å². The zero-order valence-electron chi connectivity index (χ0n) is 21.1. The smallest absolute Gasteiger partial charge is 0.158 e. The Kier molecular flexibility index (Phi) is 5.48. The maximum Gasteiger partial charge on any atom is 0.158 e. The first kappa shape index (κ1) is 22.4. The summed E-state index contributed by atoms with van der Waals surface area (Å²) in [5.74, 6) is 1.92. The Morgan fingerprint density at radius 2 is 1.71 bits per heavy atom. The van der Waals surface area contributed by atoms with Crippen LogP contribution < -0.4 is 0 Å². The molecule has 0 spiro atoms. The van der Waals surface area contributed by atoms with Crippen LogP contribution in [-0.4, -0.2) is 29.5 Å². The highest BCUT2D eigenvalue weighted by molar-refractivity contribution is 7.22. The third kappa shape index (κ3) is 3.59. The van der Waals surface area contributed by atoms with E-state index in [9.17, 15) is 0 Å². The zero-order valence-corrected chi connectivity index (χ0v) is 22.0. The summed E-state index contributed by atoms with van der Waals surface area (Å²) >= 11 is 1.81. The number of hydrogen-bond donors (Lipinski definition) is 1. The monoisotopic (exact) mass is 484 g/mol. The normalized spacial score (nSPS) is 15.1. The van der Waals surface area contributed by atoms with Gasteiger partial charge in [-0.1, -0.05) is 33.1 Å². The van der Waals surface area contributed by atoms with Crippen LogP contribution in [-0.2, 0) is 0 Å². The Hall–Kier alpha value is -3.06. The first-order chi connectivity index (χ1) is 16.9. The molecule has 7 heteroatoms. The maximum atomic E-state index is 4.81. The molecule has 0 atom stereocenters. The molecule has 0 aliphatic heterocycles. The SMILES string of the molecule is Cc1c(-c2[nH]c3sc(-c4cnc(C5CCCCC5)nc4)c(C)c3c2C(C)C)cn2ncnc2c1C. The van der Waals surface area contributed by atoms with Gasteiger partial charge in [0.2, 0.25) is 0 Å². The number of thiophene rings is 1. The second kappa shape index (κ2) is 8.55. The molecule has 0 amide bonds. The number of nitrogens with zero attached hydrogens (tertiary/aromatic N) is 5. The predicted molar refractivity (Wildman–Crippen MR) is 143 cm³/mol. The van der Waals surface area contributed by atoms with Crippen LogP contribution >= 0.6 is 11.3 Å². The van der Waals surface area contributed by atoms with Crippen molar-refractivity contribution >= 4 is 27.2 Å².